The molecule has 1 amide bonds. The molecule has 0 spiro atoms. The van der Waals surface area contributed by atoms with Crippen LogP contribution in [-0.2, 0) is 6.42 Å². The molecule has 0 radical (unpaired) electrons. The summed E-state index contributed by atoms with van der Waals surface area (Å²) in [5.41, 5.74) is 1.56. The summed E-state index contributed by atoms with van der Waals surface area (Å²) in [6.45, 7) is 0. The number of carboxylic acid groups (broad SMARTS) is 1. The quantitative estimate of drug-likeness (QED) is 0.359. The van der Waals surface area contributed by atoms with Crippen molar-refractivity contribution in [2.45, 2.75) is 6.42 Å². The molecule has 3 N–H and O–H groups in total. The van der Waals surface area contributed by atoms with Crippen molar-refractivity contribution in [2.24, 2.45) is 0 Å². The monoisotopic (exact) mass is 450 g/mol. The van der Waals surface area contributed by atoms with Crippen molar-refractivity contribution in [1.82, 2.24) is 4.98 Å². The average Bonchev–Trinajstić information content (AvgIpc) is 2.77. The average molecular weight is 451 g/mol. The summed E-state index contributed by atoms with van der Waals surface area (Å²) >= 11 is 6.10. The van der Waals surface area contributed by atoms with E-state index in [1.54, 1.807) is 36.4 Å². The Bertz CT molecular complexity index is 1360. The van der Waals surface area contributed by atoms with Crippen LogP contribution in [0.15, 0.2) is 66.9 Å². The highest BCUT2D eigenvalue weighted by atomic mass is 35.5. The van der Waals surface area contributed by atoms with Crippen molar-refractivity contribution in [3.8, 4) is 5.75 Å². The van der Waals surface area contributed by atoms with Crippen molar-refractivity contribution in [3.05, 3.63) is 100.0 Å². The van der Waals surface area contributed by atoms with Gasteiger partial charge in [-0.05, 0) is 53.9 Å². The van der Waals surface area contributed by atoms with E-state index in [1.807, 2.05) is 0 Å². The molecule has 0 fully saturated rings. The van der Waals surface area contributed by atoms with E-state index < -0.39 is 23.2 Å². The first kappa shape index (κ1) is 21.3. The highest BCUT2D eigenvalue weighted by Crippen LogP contribution is 2.35. The van der Waals surface area contributed by atoms with E-state index in [-0.39, 0.29) is 27.6 Å². The van der Waals surface area contributed by atoms with Crippen LogP contribution in [0.5, 0.6) is 5.75 Å². The van der Waals surface area contributed by atoms with Gasteiger partial charge in [-0.3, -0.25) is 9.78 Å². The zero-order valence-electron chi connectivity index (χ0n) is 16.5. The Morgan fingerprint density at radius 3 is 2.41 bits per heavy atom. The summed E-state index contributed by atoms with van der Waals surface area (Å²) < 4.78 is 13.2. The third kappa shape index (κ3) is 4.24. The van der Waals surface area contributed by atoms with E-state index in [0.29, 0.717) is 11.8 Å². The molecular weight excluding hydrogens is 435 g/mol. The van der Waals surface area contributed by atoms with Crippen LogP contribution in [-0.4, -0.2) is 27.1 Å². The van der Waals surface area contributed by atoms with Gasteiger partial charge in [-0.25, -0.2) is 9.18 Å². The van der Waals surface area contributed by atoms with Crippen LogP contribution in [0.25, 0.3) is 10.9 Å². The lowest BCUT2D eigenvalue weighted by molar-refractivity contribution is 0.0693. The molecule has 160 valence electrons. The lowest BCUT2D eigenvalue weighted by Gasteiger charge is -2.13. The smallest absolute Gasteiger partial charge is 0.339 e. The number of hydrogen-bond acceptors (Lipinski definition) is 4. The highest BCUT2D eigenvalue weighted by Gasteiger charge is 2.20. The van der Waals surface area contributed by atoms with Crippen LogP contribution in [0.2, 0.25) is 5.02 Å². The SMILES string of the molecule is O=C(Nc1cc(C(=O)O)c(O)c2ncc(Cc3ccc(F)cc3)cc12)c1ccccc1Cl. The number of phenols is 1. The molecule has 1 aromatic heterocycles. The number of pyridine rings is 1. The zero-order valence-corrected chi connectivity index (χ0v) is 17.2. The van der Waals surface area contributed by atoms with E-state index in [1.165, 1.54) is 30.5 Å². The van der Waals surface area contributed by atoms with Gasteiger partial charge in [0.2, 0.25) is 0 Å². The van der Waals surface area contributed by atoms with E-state index in [9.17, 15) is 24.2 Å². The standard InChI is InChI=1S/C24H16ClFN2O4/c25-19-4-2-1-3-16(19)23(30)28-20-11-18(24(31)32)22(29)21-17(20)10-14(12-27-21)9-13-5-7-15(26)8-6-13/h1-8,10-12,29H,9H2,(H,28,30)(H,31,32). The first-order chi connectivity index (χ1) is 15.3. The van der Waals surface area contributed by atoms with Crippen LogP contribution in [0, 0.1) is 5.82 Å². The summed E-state index contributed by atoms with van der Waals surface area (Å²) in [6.07, 6.45) is 1.92. The second-order valence-electron chi connectivity index (χ2n) is 7.10. The van der Waals surface area contributed by atoms with Gasteiger partial charge in [-0.15, -0.1) is 0 Å². The maximum atomic E-state index is 13.2. The number of carbonyl (C=O) groups is 2. The van der Waals surface area contributed by atoms with Crippen LogP contribution in [0.3, 0.4) is 0 Å². The molecule has 0 saturated heterocycles. The second-order valence-corrected chi connectivity index (χ2v) is 7.51. The van der Waals surface area contributed by atoms with Gasteiger partial charge in [0.05, 0.1) is 16.3 Å². The summed E-state index contributed by atoms with van der Waals surface area (Å²) in [6, 6.07) is 15.3. The molecule has 4 aromatic rings. The maximum Gasteiger partial charge on any atom is 0.339 e. The third-order valence-corrected chi connectivity index (χ3v) is 5.25. The molecule has 0 unspecified atom stereocenters. The third-order valence-electron chi connectivity index (χ3n) is 4.92. The summed E-state index contributed by atoms with van der Waals surface area (Å²) in [7, 11) is 0. The van der Waals surface area contributed by atoms with E-state index in [0.717, 1.165) is 11.1 Å². The van der Waals surface area contributed by atoms with Crippen molar-refractivity contribution in [1.29, 1.82) is 0 Å². The molecule has 6 nitrogen and oxygen atoms in total. The second kappa shape index (κ2) is 8.64. The van der Waals surface area contributed by atoms with E-state index in [2.05, 4.69) is 10.3 Å². The molecule has 0 aliphatic rings. The van der Waals surface area contributed by atoms with E-state index >= 15 is 0 Å². The minimum Gasteiger partial charge on any atom is -0.505 e. The lowest BCUT2D eigenvalue weighted by atomic mass is 10.0. The van der Waals surface area contributed by atoms with Crippen molar-refractivity contribution in [3.63, 3.8) is 0 Å². The molecular formula is C24H16ClFN2O4. The first-order valence-electron chi connectivity index (χ1n) is 9.51. The van der Waals surface area contributed by atoms with Crippen LogP contribution in [0.4, 0.5) is 10.1 Å². The van der Waals surface area contributed by atoms with Gasteiger partial charge in [0.1, 0.15) is 16.9 Å². The number of fused-ring (bicyclic) bond motifs is 1. The Labute approximate surface area is 186 Å². The molecule has 3 aromatic carbocycles. The predicted molar refractivity (Wildman–Crippen MR) is 119 cm³/mol. The molecule has 0 saturated carbocycles. The van der Waals surface area contributed by atoms with Gasteiger partial charge in [-0.2, -0.15) is 0 Å². The first-order valence-corrected chi connectivity index (χ1v) is 9.89. The fraction of sp³-hybridized carbons (Fsp3) is 0.0417. The maximum absolute atomic E-state index is 13.2. The predicted octanol–water partition coefficient (Wildman–Crippen LogP) is 5.27. The number of amides is 1. The molecule has 8 heteroatoms. The Hall–Kier alpha value is -3.97. The number of aromatic hydroxyl groups is 1. The molecule has 0 bridgehead atoms. The number of anilines is 1. The number of carboxylic acids is 1. The number of nitrogens with zero attached hydrogens (tertiary/aromatic N) is 1. The molecule has 0 aliphatic carbocycles. The summed E-state index contributed by atoms with van der Waals surface area (Å²) in [4.78, 5) is 28.6. The number of aromatic nitrogens is 1. The van der Waals surface area contributed by atoms with Crippen molar-refractivity contribution >= 4 is 40.1 Å². The fourth-order valence-corrected chi connectivity index (χ4v) is 3.58. The fourth-order valence-electron chi connectivity index (χ4n) is 3.36. The van der Waals surface area contributed by atoms with E-state index in [4.69, 9.17) is 11.6 Å². The van der Waals surface area contributed by atoms with Gasteiger partial charge in [0.15, 0.2) is 5.75 Å². The topological polar surface area (TPSA) is 99.5 Å². The number of halogens is 2. The van der Waals surface area contributed by atoms with Crippen LogP contribution >= 0.6 is 11.6 Å². The molecule has 4 rings (SSSR count). The zero-order chi connectivity index (χ0) is 22.8. The van der Waals surface area contributed by atoms with Crippen molar-refractivity contribution < 1.29 is 24.2 Å². The Morgan fingerprint density at radius 1 is 1.00 bits per heavy atom. The lowest BCUT2D eigenvalue weighted by Crippen LogP contribution is -2.14. The van der Waals surface area contributed by atoms with Gasteiger partial charge in [0.25, 0.3) is 5.91 Å². The number of hydrogen-bond donors (Lipinski definition) is 3. The van der Waals surface area contributed by atoms with Gasteiger partial charge >= 0.3 is 5.97 Å². The number of rotatable bonds is 5. The molecule has 0 aliphatic heterocycles. The normalized spacial score (nSPS) is 10.8. The summed E-state index contributed by atoms with van der Waals surface area (Å²) in [5, 5.41) is 23.2. The summed E-state index contributed by atoms with van der Waals surface area (Å²) in [5.74, 6) is -2.75. The van der Waals surface area contributed by atoms with Crippen LogP contribution < -0.4 is 5.32 Å². The largest absolute Gasteiger partial charge is 0.505 e. The minimum atomic E-state index is -1.37. The molecule has 0 atom stereocenters. The number of nitrogens with one attached hydrogen (secondary N) is 1. The Morgan fingerprint density at radius 2 is 1.72 bits per heavy atom. The van der Waals surface area contributed by atoms with Crippen molar-refractivity contribution in [2.75, 3.05) is 5.32 Å². The number of carbonyl (C=O) groups excluding carboxylic acids is 1. The van der Waals surface area contributed by atoms with Gasteiger partial charge in [-0.1, -0.05) is 35.9 Å². The minimum absolute atomic E-state index is 0.0298. The molecule has 1 heterocycles. The Balaban J connectivity index is 1.80. The van der Waals surface area contributed by atoms with Gasteiger partial charge < -0.3 is 15.5 Å². The highest BCUT2D eigenvalue weighted by molar-refractivity contribution is 6.34. The number of aromatic carboxylic acids is 1. The Kier molecular flexibility index (Phi) is 5.75. The number of benzene rings is 3. The molecule has 32 heavy (non-hydrogen) atoms. The van der Waals surface area contributed by atoms with Crippen LogP contribution in [0.1, 0.15) is 31.8 Å². The van der Waals surface area contributed by atoms with Gasteiger partial charge in [0, 0.05) is 11.6 Å².